The number of nitrogens with two attached hydrogens (primary N) is 1. The van der Waals surface area contributed by atoms with Crippen LogP contribution in [-0.2, 0) is 17.6 Å². The summed E-state index contributed by atoms with van der Waals surface area (Å²) in [6.45, 7) is 1.90. The second kappa shape index (κ2) is 13.8. The molecule has 0 spiro atoms. The largest absolute Gasteiger partial charge is 0.492 e. The average Bonchev–Trinajstić information content (AvgIpc) is 3.47. The first-order valence-electron chi connectivity index (χ1n) is 13.1. The number of benzene rings is 2. The Morgan fingerprint density at radius 1 is 1.20 bits per heavy atom. The van der Waals surface area contributed by atoms with Gasteiger partial charge in [-0.05, 0) is 79.8 Å². The lowest BCUT2D eigenvalue weighted by atomic mass is 9.94. The fraction of sp³-hybridized carbons (Fsp3) is 0.300. The summed E-state index contributed by atoms with van der Waals surface area (Å²) in [5, 5.41) is 15.6. The zero-order valence-corrected chi connectivity index (χ0v) is 23.6. The van der Waals surface area contributed by atoms with Crippen molar-refractivity contribution >= 4 is 40.6 Å². The van der Waals surface area contributed by atoms with Crippen molar-refractivity contribution in [2.45, 2.75) is 12.8 Å². The van der Waals surface area contributed by atoms with Gasteiger partial charge in [-0.1, -0.05) is 12.1 Å². The van der Waals surface area contributed by atoms with Gasteiger partial charge in [0.15, 0.2) is 0 Å². The fourth-order valence-corrected chi connectivity index (χ4v) is 4.99. The third kappa shape index (κ3) is 7.49. The summed E-state index contributed by atoms with van der Waals surface area (Å²) in [5.74, 6) is 0.376. The Bertz CT molecular complexity index is 1370. The molecule has 0 radical (unpaired) electrons. The van der Waals surface area contributed by atoms with Crippen molar-refractivity contribution in [1.29, 1.82) is 5.41 Å². The van der Waals surface area contributed by atoms with E-state index >= 15 is 0 Å². The number of nitrogens with zero attached hydrogens (tertiary/aromatic N) is 1. The van der Waals surface area contributed by atoms with Crippen LogP contribution in [0.1, 0.15) is 26.4 Å². The quantitative estimate of drug-likeness (QED) is 0.249. The molecule has 1 aliphatic rings. The molecule has 10 heteroatoms. The molecule has 2 aromatic carbocycles. The molecule has 4 rings (SSSR count). The van der Waals surface area contributed by atoms with Crippen molar-refractivity contribution < 1.29 is 19.1 Å². The molecule has 1 unspecified atom stereocenters. The molecule has 0 saturated carbocycles. The molecular formula is C30H35N5O4S. The number of anilines is 1. The summed E-state index contributed by atoms with van der Waals surface area (Å²) in [6, 6.07) is 14.7. The number of nitrogens with one attached hydrogen (secondary N) is 3. The van der Waals surface area contributed by atoms with Crippen LogP contribution in [0.5, 0.6) is 11.5 Å². The van der Waals surface area contributed by atoms with E-state index < -0.39 is 5.92 Å². The van der Waals surface area contributed by atoms with Crippen LogP contribution in [-0.4, -0.2) is 63.3 Å². The van der Waals surface area contributed by atoms with Gasteiger partial charge >= 0.3 is 0 Å². The fourth-order valence-electron chi connectivity index (χ4n) is 4.29. The van der Waals surface area contributed by atoms with Gasteiger partial charge in [0, 0.05) is 41.5 Å². The van der Waals surface area contributed by atoms with E-state index in [1.165, 1.54) is 17.3 Å². The van der Waals surface area contributed by atoms with Gasteiger partial charge in [0.1, 0.15) is 24.7 Å². The summed E-state index contributed by atoms with van der Waals surface area (Å²) in [7, 11) is 3.90. The summed E-state index contributed by atoms with van der Waals surface area (Å²) >= 11 is 1.67. The van der Waals surface area contributed by atoms with Crippen LogP contribution in [0.3, 0.4) is 0 Å². The molecule has 0 aliphatic carbocycles. The van der Waals surface area contributed by atoms with Crippen LogP contribution in [0.25, 0.3) is 5.57 Å². The van der Waals surface area contributed by atoms with Gasteiger partial charge in [-0.25, -0.2) is 0 Å². The molecule has 1 aliphatic heterocycles. The molecule has 1 atom stereocenters. The first-order valence-corrected chi connectivity index (χ1v) is 14.0. The summed E-state index contributed by atoms with van der Waals surface area (Å²) in [6.07, 6.45) is 3.76. The third-order valence-corrected chi connectivity index (χ3v) is 7.48. The second-order valence-electron chi connectivity index (χ2n) is 9.74. The monoisotopic (exact) mass is 561 g/mol. The Balaban J connectivity index is 1.43. The predicted octanol–water partition coefficient (Wildman–Crippen LogP) is 3.80. The number of carbonyl (C=O) groups is 2. The van der Waals surface area contributed by atoms with Crippen LogP contribution in [0.2, 0.25) is 0 Å². The van der Waals surface area contributed by atoms with Crippen molar-refractivity contribution in [1.82, 2.24) is 10.2 Å². The van der Waals surface area contributed by atoms with Gasteiger partial charge < -0.3 is 36.2 Å². The van der Waals surface area contributed by atoms with Gasteiger partial charge in [0.05, 0.1) is 11.6 Å². The number of thiophene rings is 1. The first kappa shape index (κ1) is 28.8. The molecule has 3 aromatic rings. The number of amides is 2. The standard InChI is InChI=1S/C30H35N5O4S/c1-35(2)11-12-38-28-16-20(24(17-31)18-32)5-7-26(28)34-30(37)23-15-22-14-21(6-8-27(22)39-19-23)29(36)33-10-9-25-4-3-13-40-25/h3-8,13-14,16-18,23,31H,9-12,15,19,32H2,1-2H3,(H,33,36)(H,34,37)/b24-18+,31-17?. The maximum atomic E-state index is 13.3. The normalized spacial score (nSPS) is 14.7. The zero-order chi connectivity index (χ0) is 28.5. The van der Waals surface area contributed by atoms with Crippen molar-refractivity contribution in [2.75, 3.05) is 45.7 Å². The van der Waals surface area contributed by atoms with Gasteiger partial charge in [0.2, 0.25) is 5.91 Å². The van der Waals surface area contributed by atoms with Crippen molar-refractivity contribution in [3.63, 3.8) is 0 Å². The molecule has 210 valence electrons. The topological polar surface area (TPSA) is 130 Å². The zero-order valence-electron chi connectivity index (χ0n) is 22.7. The minimum atomic E-state index is -0.444. The molecule has 40 heavy (non-hydrogen) atoms. The van der Waals surface area contributed by atoms with E-state index in [4.69, 9.17) is 20.6 Å². The highest BCUT2D eigenvalue weighted by molar-refractivity contribution is 7.09. The number of likely N-dealkylation sites (N-methyl/N-ethyl adjacent to an activating group) is 1. The van der Waals surface area contributed by atoms with Crippen LogP contribution in [0, 0.1) is 11.3 Å². The number of allylic oxidation sites excluding steroid dienone is 1. The van der Waals surface area contributed by atoms with E-state index in [1.807, 2.05) is 30.4 Å². The predicted molar refractivity (Wildman–Crippen MR) is 160 cm³/mol. The van der Waals surface area contributed by atoms with Gasteiger partial charge in [0.25, 0.3) is 5.91 Å². The van der Waals surface area contributed by atoms with Gasteiger partial charge in [-0.2, -0.15) is 0 Å². The smallest absolute Gasteiger partial charge is 0.251 e. The van der Waals surface area contributed by atoms with E-state index in [2.05, 4.69) is 16.7 Å². The van der Waals surface area contributed by atoms with E-state index in [0.717, 1.165) is 12.0 Å². The number of hydrogen-bond donors (Lipinski definition) is 4. The molecule has 5 N–H and O–H groups in total. The van der Waals surface area contributed by atoms with Gasteiger partial charge in [-0.3, -0.25) is 9.59 Å². The highest BCUT2D eigenvalue weighted by Gasteiger charge is 2.27. The van der Waals surface area contributed by atoms with E-state index in [9.17, 15) is 9.59 Å². The summed E-state index contributed by atoms with van der Waals surface area (Å²) in [5.41, 5.74) is 8.80. The van der Waals surface area contributed by atoms with E-state index in [0.29, 0.717) is 60.0 Å². The molecule has 2 amide bonds. The van der Waals surface area contributed by atoms with Crippen LogP contribution >= 0.6 is 11.3 Å². The molecule has 0 bridgehead atoms. The summed E-state index contributed by atoms with van der Waals surface area (Å²) in [4.78, 5) is 29.3. The molecule has 1 aromatic heterocycles. The lowest BCUT2D eigenvalue weighted by Gasteiger charge is -2.25. The number of fused-ring (bicyclic) bond motifs is 1. The summed E-state index contributed by atoms with van der Waals surface area (Å²) < 4.78 is 11.9. The van der Waals surface area contributed by atoms with E-state index in [-0.39, 0.29) is 18.4 Å². The molecule has 9 nitrogen and oxygen atoms in total. The Morgan fingerprint density at radius 3 is 2.75 bits per heavy atom. The number of carbonyl (C=O) groups excluding carboxylic acids is 2. The first-order chi connectivity index (χ1) is 19.4. The lowest BCUT2D eigenvalue weighted by Crippen LogP contribution is -2.33. The second-order valence-corrected chi connectivity index (χ2v) is 10.8. The minimum absolute atomic E-state index is 0.152. The minimum Gasteiger partial charge on any atom is -0.492 e. The van der Waals surface area contributed by atoms with Crippen LogP contribution in [0.15, 0.2) is 60.1 Å². The number of ether oxygens (including phenoxy) is 2. The Hall–Kier alpha value is -4.15. The maximum Gasteiger partial charge on any atom is 0.251 e. The lowest BCUT2D eigenvalue weighted by molar-refractivity contribution is -0.121. The van der Waals surface area contributed by atoms with Crippen LogP contribution < -0.4 is 25.8 Å². The van der Waals surface area contributed by atoms with Crippen molar-refractivity contribution in [3.8, 4) is 11.5 Å². The SMILES string of the molecule is CN(C)CCOc1cc(/C(C=N)=C/N)ccc1NC(=O)C1COc2ccc(C(=O)NCCc3cccs3)cc2C1. The Kier molecular flexibility index (Phi) is 9.93. The Labute approximate surface area is 238 Å². The maximum absolute atomic E-state index is 13.3. The molecular weight excluding hydrogens is 526 g/mol. The average molecular weight is 562 g/mol. The Morgan fingerprint density at radius 2 is 2.02 bits per heavy atom. The highest BCUT2D eigenvalue weighted by atomic mass is 32.1. The highest BCUT2D eigenvalue weighted by Crippen LogP contribution is 2.32. The number of hydrogen-bond acceptors (Lipinski definition) is 8. The van der Waals surface area contributed by atoms with Crippen molar-refractivity contribution in [3.05, 3.63) is 81.7 Å². The van der Waals surface area contributed by atoms with E-state index in [1.54, 1.807) is 47.7 Å². The van der Waals surface area contributed by atoms with Crippen LogP contribution in [0.4, 0.5) is 5.69 Å². The molecule has 2 heterocycles. The molecule has 0 saturated heterocycles. The number of rotatable bonds is 12. The third-order valence-electron chi connectivity index (χ3n) is 6.54. The van der Waals surface area contributed by atoms with Gasteiger partial charge in [-0.15, -0.1) is 11.3 Å². The van der Waals surface area contributed by atoms with Crippen molar-refractivity contribution in [2.24, 2.45) is 11.7 Å². The molecule has 0 fully saturated rings.